The van der Waals surface area contributed by atoms with E-state index in [1.165, 1.54) is 6.42 Å². The summed E-state index contributed by atoms with van der Waals surface area (Å²) in [5, 5.41) is 6.35. The van der Waals surface area contributed by atoms with E-state index in [1.54, 1.807) is 7.11 Å². The molecule has 1 aliphatic rings. The van der Waals surface area contributed by atoms with Crippen LogP contribution in [0.3, 0.4) is 0 Å². The lowest BCUT2D eigenvalue weighted by molar-refractivity contribution is -0.120. The van der Waals surface area contributed by atoms with Crippen LogP contribution in [0.2, 0.25) is 0 Å². The van der Waals surface area contributed by atoms with Gasteiger partial charge in [-0.05, 0) is 36.5 Å². The van der Waals surface area contributed by atoms with E-state index in [0.29, 0.717) is 36.6 Å². The second kappa shape index (κ2) is 7.41. The molecular formula is C16H32N2O2. The zero-order chi connectivity index (χ0) is 15.2. The van der Waals surface area contributed by atoms with Crippen LogP contribution in [0.4, 0.5) is 0 Å². The van der Waals surface area contributed by atoms with Crippen molar-refractivity contribution in [2.24, 2.45) is 10.8 Å². The third-order valence-corrected chi connectivity index (χ3v) is 3.95. The number of amides is 1. The van der Waals surface area contributed by atoms with Crippen LogP contribution in [-0.2, 0) is 9.53 Å². The topological polar surface area (TPSA) is 50.4 Å². The summed E-state index contributed by atoms with van der Waals surface area (Å²) in [7, 11) is 1.68. The minimum Gasteiger partial charge on any atom is -0.385 e. The molecule has 0 aromatic rings. The number of carbonyl (C=O) groups is 1. The van der Waals surface area contributed by atoms with Crippen molar-refractivity contribution < 1.29 is 9.53 Å². The molecule has 0 bridgehead atoms. The second-order valence-corrected chi connectivity index (χ2v) is 7.69. The molecule has 1 rings (SSSR count). The lowest BCUT2D eigenvalue weighted by atomic mass is 9.63. The number of nitrogens with one attached hydrogen (secondary N) is 2. The largest absolute Gasteiger partial charge is 0.385 e. The van der Waals surface area contributed by atoms with E-state index < -0.39 is 0 Å². The fourth-order valence-corrected chi connectivity index (χ4v) is 3.73. The molecule has 0 aliphatic heterocycles. The quantitative estimate of drug-likeness (QED) is 0.706. The summed E-state index contributed by atoms with van der Waals surface area (Å²) in [5.41, 5.74) is 0.711. The highest BCUT2D eigenvalue weighted by Gasteiger charge is 2.38. The van der Waals surface area contributed by atoms with Gasteiger partial charge in [0.25, 0.3) is 0 Å². The number of methoxy groups -OCH3 is 1. The van der Waals surface area contributed by atoms with Crippen molar-refractivity contribution in [1.29, 1.82) is 0 Å². The molecule has 0 heterocycles. The molecule has 20 heavy (non-hydrogen) atoms. The van der Waals surface area contributed by atoms with Gasteiger partial charge in [0.15, 0.2) is 0 Å². The van der Waals surface area contributed by atoms with Crippen LogP contribution in [0.1, 0.15) is 53.4 Å². The van der Waals surface area contributed by atoms with Gasteiger partial charge >= 0.3 is 0 Å². The van der Waals surface area contributed by atoms with Crippen molar-refractivity contribution in [3.63, 3.8) is 0 Å². The molecule has 0 atom stereocenters. The Morgan fingerprint density at radius 2 is 1.80 bits per heavy atom. The van der Waals surface area contributed by atoms with Gasteiger partial charge in [0, 0.05) is 26.3 Å². The van der Waals surface area contributed by atoms with Crippen molar-refractivity contribution in [1.82, 2.24) is 10.6 Å². The van der Waals surface area contributed by atoms with Crippen LogP contribution in [0, 0.1) is 10.8 Å². The summed E-state index contributed by atoms with van der Waals surface area (Å²) < 4.78 is 4.96. The standard InChI is InChI=1S/C16H32N2O2/c1-15(2)9-13(10-16(3,4)12-15)18-11-14(19)17-7-6-8-20-5/h13,18H,6-12H2,1-5H3,(H,17,19). The molecule has 0 unspecified atom stereocenters. The Hall–Kier alpha value is -0.610. The van der Waals surface area contributed by atoms with Crippen LogP contribution in [0.25, 0.3) is 0 Å². The van der Waals surface area contributed by atoms with Crippen LogP contribution < -0.4 is 10.6 Å². The molecule has 118 valence electrons. The Labute approximate surface area is 124 Å². The van der Waals surface area contributed by atoms with Crippen molar-refractivity contribution in [2.75, 3.05) is 26.8 Å². The average molecular weight is 284 g/mol. The van der Waals surface area contributed by atoms with E-state index in [1.807, 2.05) is 0 Å². The molecule has 1 aliphatic carbocycles. The van der Waals surface area contributed by atoms with Gasteiger partial charge in [0.05, 0.1) is 6.54 Å². The van der Waals surface area contributed by atoms with E-state index in [-0.39, 0.29) is 5.91 Å². The number of hydrogen-bond acceptors (Lipinski definition) is 3. The molecular weight excluding hydrogens is 252 g/mol. The minimum atomic E-state index is 0.0855. The number of rotatable bonds is 7. The van der Waals surface area contributed by atoms with E-state index in [9.17, 15) is 4.79 Å². The van der Waals surface area contributed by atoms with Gasteiger partial charge in [-0.1, -0.05) is 27.7 Å². The Morgan fingerprint density at radius 3 is 2.35 bits per heavy atom. The monoisotopic (exact) mass is 284 g/mol. The molecule has 0 radical (unpaired) electrons. The summed E-state index contributed by atoms with van der Waals surface area (Å²) in [6.45, 7) is 11.1. The predicted octanol–water partition coefficient (Wildman–Crippen LogP) is 2.33. The molecule has 0 saturated heterocycles. The van der Waals surface area contributed by atoms with E-state index >= 15 is 0 Å². The first-order valence-electron chi connectivity index (χ1n) is 7.73. The average Bonchev–Trinajstić information content (AvgIpc) is 2.28. The zero-order valence-corrected chi connectivity index (χ0v) is 13.8. The highest BCUT2D eigenvalue weighted by atomic mass is 16.5. The lowest BCUT2D eigenvalue weighted by Gasteiger charge is -2.45. The van der Waals surface area contributed by atoms with Gasteiger partial charge in [-0.15, -0.1) is 0 Å². The van der Waals surface area contributed by atoms with Gasteiger partial charge < -0.3 is 15.4 Å². The Morgan fingerprint density at radius 1 is 1.20 bits per heavy atom. The number of ether oxygens (including phenoxy) is 1. The van der Waals surface area contributed by atoms with Gasteiger partial charge in [-0.3, -0.25) is 4.79 Å². The van der Waals surface area contributed by atoms with Crippen LogP contribution >= 0.6 is 0 Å². The van der Waals surface area contributed by atoms with E-state index in [4.69, 9.17) is 4.74 Å². The van der Waals surface area contributed by atoms with Crippen LogP contribution in [-0.4, -0.2) is 38.8 Å². The maximum atomic E-state index is 11.8. The normalized spacial score (nSPS) is 21.6. The lowest BCUT2D eigenvalue weighted by Crippen LogP contribution is -2.47. The maximum absolute atomic E-state index is 11.8. The first-order valence-corrected chi connectivity index (χ1v) is 7.73. The van der Waals surface area contributed by atoms with E-state index in [2.05, 4.69) is 38.3 Å². The second-order valence-electron chi connectivity index (χ2n) is 7.69. The van der Waals surface area contributed by atoms with Gasteiger partial charge in [0.1, 0.15) is 0 Å². The molecule has 2 N–H and O–H groups in total. The SMILES string of the molecule is COCCCNC(=O)CNC1CC(C)(C)CC(C)(C)C1. The third kappa shape index (κ3) is 6.71. The first-order chi connectivity index (χ1) is 9.24. The minimum absolute atomic E-state index is 0.0855. The van der Waals surface area contributed by atoms with Crippen molar-refractivity contribution in [3.05, 3.63) is 0 Å². The molecule has 1 amide bonds. The Balaban J connectivity index is 2.28. The summed E-state index contributed by atoms with van der Waals surface area (Å²) in [6.07, 6.45) is 4.41. The van der Waals surface area contributed by atoms with Crippen molar-refractivity contribution in [2.45, 2.75) is 59.4 Å². The molecule has 1 fully saturated rings. The van der Waals surface area contributed by atoms with Crippen molar-refractivity contribution in [3.8, 4) is 0 Å². The van der Waals surface area contributed by atoms with Crippen LogP contribution in [0.15, 0.2) is 0 Å². The summed E-state index contributed by atoms with van der Waals surface area (Å²) in [6, 6.07) is 0.443. The predicted molar refractivity (Wildman–Crippen MR) is 82.7 cm³/mol. The first kappa shape index (κ1) is 17.4. The molecule has 0 spiro atoms. The molecule has 4 heteroatoms. The molecule has 1 saturated carbocycles. The summed E-state index contributed by atoms with van der Waals surface area (Å²) in [4.78, 5) is 11.8. The van der Waals surface area contributed by atoms with Gasteiger partial charge in [-0.25, -0.2) is 0 Å². The highest BCUT2D eigenvalue weighted by Crippen LogP contribution is 2.45. The summed E-state index contributed by atoms with van der Waals surface area (Å²) >= 11 is 0. The Kier molecular flexibility index (Phi) is 6.46. The summed E-state index contributed by atoms with van der Waals surface area (Å²) in [5.74, 6) is 0.0855. The number of hydrogen-bond donors (Lipinski definition) is 2. The fraction of sp³-hybridized carbons (Fsp3) is 0.938. The van der Waals surface area contributed by atoms with E-state index in [0.717, 1.165) is 19.3 Å². The fourth-order valence-electron chi connectivity index (χ4n) is 3.73. The van der Waals surface area contributed by atoms with Crippen LogP contribution in [0.5, 0.6) is 0 Å². The number of carbonyl (C=O) groups excluding carboxylic acids is 1. The Bertz CT molecular complexity index is 298. The highest BCUT2D eigenvalue weighted by molar-refractivity contribution is 5.77. The van der Waals surface area contributed by atoms with Gasteiger partial charge in [-0.2, -0.15) is 0 Å². The smallest absolute Gasteiger partial charge is 0.233 e. The molecule has 0 aromatic heterocycles. The zero-order valence-electron chi connectivity index (χ0n) is 13.8. The molecule has 0 aromatic carbocycles. The van der Waals surface area contributed by atoms with Gasteiger partial charge in [0.2, 0.25) is 5.91 Å². The third-order valence-electron chi connectivity index (χ3n) is 3.95. The maximum Gasteiger partial charge on any atom is 0.233 e. The molecule has 4 nitrogen and oxygen atoms in total. The van der Waals surface area contributed by atoms with Crippen molar-refractivity contribution >= 4 is 5.91 Å².